The summed E-state index contributed by atoms with van der Waals surface area (Å²) in [4.78, 5) is 61.1. The monoisotopic (exact) mass is 421 g/mol. The van der Waals surface area contributed by atoms with E-state index in [4.69, 9.17) is 16.3 Å². The molecule has 2 N–H and O–H groups in total. The van der Waals surface area contributed by atoms with Gasteiger partial charge >= 0.3 is 5.97 Å². The molecule has 0 spiro atoms. The molecular weight excluding hydrogens is 402 g/mol. The number of carbonyl (C=O) groups is 5. The maximum absolute atomic E-state index is 12.3. The van der Waals surface area contributed by atoms with E-state index in [1.54, 1.807) is 0 Å². The third kappa shape index (κ3) is 4.92. The molecule has 1 aliphatic heterocycles. The van der Waals surface area contributed by atoms with Gasteiger partial charge in [0, 0.05) is 10.6 Å². The number of fused-ring (bicyclic) bond motifs is 1. The molecule has 1 aliphatic carbocycles. The molecule has 2 aliphatic rings. The van der Waals surface area contributed by atoms with Crippen LogP contribution in [-0.2, 0) is 23.9 Å². The van der Waals surface area contributed by atoms with Crippen LogP contribution in [0.2, 0.25) is 5.02 Å². The van der Waals surface area contributed by atoms with Crippen molar-refractivity contribution in [2.24, 2.45) is 11.8 Å². The van der Waals surface area contributed by atoms with Crippen molar-refractivity contribution in [1.82, 2.24) is 15.8 Å². The predicted molar refractivity (Wildman–Crippen MR) is 100 cm³/mol. The van der Waals surface area contributed by atoms with Crippen molar-refractivity contribution in [3.05, 3.63) is 34.9 Å². The molecule has 1 aromatic carbocycles. The van der Waals surface area contributed by atoms with Gasteiger partial charge < -0.3 is 4.74 Å². The Labute approximate surface area is 171 Å². The number of benzene rings is 1. The highest BCUT2D eigenvalue weighted by molar-refractivity contribution is 6.30. The average molecular weight is 422 g/mol. The summed E-state index contributed by atoms with van der Waals surface area (Å²) >= 11 is 5.73. The number of halogens is 1. The number of nitrogens with one attached hydrogen (secondary N) is 2. The number of esters is 1. The fraction of sp³-hybridized carbons (Fsp3) is 0.421. The van der Waals surface area contributed by atoms with Gasteiger partial charge in [-0.3, -0.25) is 39.7 Å². The number of nitrogens with zero attached hydrogens (tertiary/aromatic N) is 1. The molecule has 29 heavy (non-hydrogen) atoms. The van der Waals surface area contributed by atoms with E-state index < -0.39 is 30.9 Å². The minimum atomic E-state index is -0.871. The van der Waals surface area contributed by atoms with Gasteiger partial charge in [-0.1, -0.05) is 24.4 Å². The summed E-state index contributed by atoms with van der Waals surface area (Å²) in [5.41, 5.74) is 4.56. The average Bonchev–Trinajstić information content (AvgIpc) is 2.96. The number of imide groups is 1. The van der Waals surface area contributed by atoms with E-state index in [1.807, 2.05) is 0 Å². The molecule has 0 radical (unpaired) electrons. The van der Waals surface area contributed by atoms with Gasteiger partial charge in [-0.25, -0.2) is 0 Å². The van der Waals surface area contributed by atoms with Gasteiger partial charge in [0.05, 0.1) is 11.8 Å². The van der Waals surface area contributed by atoms with Gasteiger partial charge in [-0.15, -0.1) is 0 Å². The third-order valence-electron chi connectivity index (χ3n) is 5.01. The van der Waals surface area contributed by atoms with Gasteiger partial charge in [-0.2, -0.15) is 0 Å². The van der Waals surface area contributed by atoms with Crippen molar-refractivity contribution in [1.29, 1.82) is 0 Å². The zero-order valence-electron chi connectivity index (χ0n) is 15.5. The van der Waals surface area contributed by atoms with Crippen LogP contribution in [0.1, 0.15) is 36.0 Å². The predicted octanol–water partition coefficient (Wildman–Crippen LogP) is 0.819. The number of hydrogen-bond donors (Lipinski definition) is 2. The van der Waals surface area contributed by atoms with Crippen LogP contribution in [0.15, 0.2) is 24.3 Å². The minimum absolute atomic E-state index is 0.277. The van der Waals surface area contributed by atoms with Crippen molar-refractivity contribution < 1.29 is 28.7 Å². The molecule has 154 valence electrons. The molecule has 0 bridgehead atoms. The summed E-state index contributed by atoms with van der Waals surface area (Å²) in [5.74, 6) is -3.62. The lowest BCUT2D eigenvalue weighted by molar-refractivity contribution is -0.155. The van der Waals surface area contributed by atoms with Crippen molar-refractivity contribution in [3.63, 3.8) is 0 Å². The molecule has 0 aromatic heterocycles. The van der Waals surface area contributed by atoms with Gasteiger partial charge in [0.15, 0.2) is 6.61 Å². The Balaban J connectivity index is 1.41. The lowest BCUT2D eigenvalue weighted by Gasteiger charge is -2.19. The third-order valence-corrected chi connectivity index (χ3v) is 5.26. The summed E-state index contributed by atoms with van der Waals surface area (Å²) in [5, 5.41) is 0.465. The van der Waals surface area contributed by atoms with Crippen molar-refractivity contribution >= 4 is 41.2 Å². The van der Waals surface area contributed by atoms with Crippen LogP contribution in [0.25, 0.3) is 0 Å². The number of ether oxygens (including phenoxy) is 1. The second kappa shape index (κ2) is 9.04. The van der Waals surface area contributed by atoms with Crippen LogP contribution in [0.4, 0.5) is 0 Å². The smallest absolute Gasteiger partial charge is 0.326 e. The minimum Gasteiger partial charge on any atom is -0.454 e. The Morgan fingerprint density at radius 3 is 2.17 bits per heavy atom. The highest BCUT2D eigenvalue weighted by atomic mass is 35.5. The van der Waals surface area contributed by atoms with Gasteiger partial charge in [0.1, 0.15) is 6.54 Å². The maximum Gasteiger partial charge on any atom is 0.326 e. The lowest BCUT2D eigenvalue weighted by Crippen LogP contribution is -2.44. The summed E-state index contributed by atoms with van der Waals surface area (Å²) in [7, 11) is 0. The lowest BCUT2D eigenvalue weighted by atomic mass is 9.81. The fourth-order valence-corrected chi connectivity index (χ4v) is 3.67. The number of amides is 4. The molecule has 3 rings (SSSR count). The Morgan fingerprint density at radius 2 is 1.59 bits per heavy atom. The number of rotatable bonds is 5. The molecule has 1 saturated carbocycles. The Morgan fingerprint density at radius 1 is 1.00 bits per heavy atom. The standard InChI is InChI=1S/C19H20ClN3O6/c20-12-7-5-11(6-8-12)17(26)22-21-15(24)10-29-16(25)9-23-18(27)13-3-1-2-4-14(13)19(23)28/h5-8,13-14H,1-4,9-10H2,(H,21,24)(H,22,26)/t13-,14-/m1/s1. The molecule has 1 aromatic rings. The first kappa shape index (κ1) is 20.8. The van der Waals surface area contributed by atoms with Crippen molar-refractivity contribution in [3.8, 4) is 0 Å². The first-order valence-corrected chi connectivity index (χ1v) is 9.60. The van der Waals surface area contributed by atoms with Crippen LogP contribution >= 0.6 is 11.6 Å². The molecule has 4 amide bonds. The van der Waals surface area contributed by atoms with Crippen LogP contribution in [0, 0.1) is 11.8 Å². The van der Waals surface area contributed by atoms with E-state index in [9.17, 15) is 24.0 Å². The van der Waals surface area contributed by atoms with E-state index in [0.717, 1.165) is 17.7 Å². The molecule has 2 atom stereocenters. The Kier molecular flexibility index (Phi) is 6.48. The van der Waals surface area contributed by atoms with Crippen LogP contribution in [0.3, 0.4) is 0 Å². The van der Waals surface area contributed by atoms with Gasteiger partial charge in [0.25, 0.3) is 11.8 Å². The highest BCUT2D eigenvalue weighted by Gasteiger charge is 2.48. The maximum atomic E-state index is 12.3. The zero-order valence-corrected chi connectivity index (χ0v) is 16.2. The van der Waals surface area contributed by atoms with Crippen molar-refractivity contribution in [2.45, 2.75) is 25.7 Å². The Hall–Kier alpha value is -2.94. The van der Waals surface area contributed by atoms with E-state index >= 15 is 0 Å². The molecule has 10 heteroatoms. The molecule has 0 unspecified atom stereocenters. The number of hydrogen-bond acceptors (Lipinski definition) is 6. The van der Waals surface area contributed by atoms with Crippen LogP contribution < -0.4 is 10.9 Å². The quantitative estimate of drug-likeness (QED) is 0.412. The number of carbonyl (C=O) groups excluding carboxylic acids is 5. The largest absolute Gasteiger partial charge is 0.454 e. The van der Waals surface area contributed by atoms with Crippen LogP contribution in [0.5, 0.6) is 0 Å². The van der Waals surface area contributed by atoms with Crippen LogP contribution in [-0.4, -0.2) is 47.6 Å². The van der Waals surface area contributed by atoms with E-state index in [0.29, 0.717) is 17.9 Å². The summed E-state index contributed by atoms with van der Waals surface area (Å²) in [6.07, 6.45) is 3.08. The first-order valence-electron chi connectivity index (χ1n) is 9.22. The topological polar surface area (TPSA) is 122 Å². The fourth-order valence-electron chi connectivity index (χ4n) is 3.54. The second-order valence-electron chi connectivity index (χ2n) is 6.93. The van der Waals surface area contributed by atoms with Gasteiger partial charge in [-0.05, 0) is 37.1 Å². The Bertz CT molecular complexity index is 817. The summed E-state index contributed by atoms with van der Waals surface area (Å²) in [6, 6.07) is 6.01. The zero-order chi connectivity index (χ0) is 21.0. The molecule has 2 fully saturated rings. The molecule has 1 heterocycles. The molecular formula is C19H20ClN3O6. The first-order chi connectivity index (χ1) is 13.9. The number of hydrazine groups is 1. The second-order valence-corrected chi connectivity index (χ2v) is 7.37. The summed E-state index contributed by atoms with van der Waals surface area (Å²) < 4.78 is 4.80. The van der Waals surface area contributed by atoms with E-state index in [-0.39, 0.29) is 29.2 Å². The molecule has 9 nitrogen and oxygen atoms in total. The van der Waals surface area contributed by atoms with Gasteiger partial charge in [0.2, 0.25) is 11.8 Å². The van der Waals surface area contributed by atoms with E-state index in [2.05, 4.69) is 10.9 Å². The van der Waals surface area contributed by atoms with Crippen molar-refractivity contribution in [2.75, 3.05) is 13.2 Å². The normalized spacial score (nSPS) is 20.8. The SMILES string of the molecule is O=C(COC(=O)CN1C(=O)[C@@H]2CCCC[C@H]2C1=O)NNC(=O)c1ccc(Cl)cc1. The molecule has 1 saturated heterocycles. The highest BCUT2D eigenvalue weighted by Crippen LogP contribution is 2.37. The summed E-state index contributed by atoms with van der Waals surface area (Å²) in [6.45, 7) is -1.18. The van der Waals surface area contributed by atoms with E-state index in [1.165, 1.54) is 24.3 Å². The number of likely N-dealkylation sites (tertiary alicyclic amines) is 1.